The van der Waals surface area contributed by atoms with Gasteiger partial charge >= 0.3 is 5.97 Å². The number of hydrogen-bond acceptors (Lipinski definition) is 7. The fraction of sp³-hybridized carbons (Fsp3) is 0.429. The molecule has 0 saturated heterocycles. The monoisotopic (exact) mass is 522 g/mol. The third-order valence-corrected chi connectivity index (χ3v) is 6.75. The summed E-state index contributed by atoms with van der Waals surface area (Å²) in [5.74, 6) is -0.780. The van der Waals surface area contributed by atoms with Crippen molar-refractivity contribution in [3.05, 3.63) is 58.1 Å². The van der Waals surface area contributed by atoms with Crippen molar-refractivity contribution in [3.8, 4) is 5.75 Å². The quantitative estimate of drug-likeness (QED) is 0.451. The topological polar surface area (TPSA) is 132 Å². The summed E-state index contributed by atoms with van der Waals surface area (Å²) in [4.78, 5) is 40.7. The Balaban J connectivity index is 1.71. The molecule has 0 aromatic heterocycles. The summed E-state index contributed by atoms with van der Waals surface area (Å²) in [7, 11) is 1.54. The predicted molar refractivity (Wildman–Crippen MR) is 143 cm³/mol. The minimum Gasteiger partial charge on any atom is -0.489 e. The highest BCUT2D eigenvalue weighted by Crippen LogP contribution is 2.42. The molecule has 1 unspecified atom stereocenters. The van der Waals surface area contributed by atoms with Crippen LogP contribution in [0.3, 0.4) is 0 Å². The van der Waals surface area contributed by atoms with E-state index in [-0.39, 0.29) is 36.0 Å². The van der Waals surface area contributed by atoms with Crippen molar-refractivity contribution in [2.45, 2.75) is 39.3 Å². The summed E-state index contributed by atoms with van der Waals surface area (Å²) in [5.41, 5.74) is 3.10. The molecule has 2 aliphatic rings. The summed E-state index contributed by atoms with van der Waals surface area (Å²) in [6.07, 6.45) is -0.642. The molecule has 0 spiro atoms. The number of carboxylic acids is 1. The van der Waals surface area contributed by atoms with Gasteiger partial charge in [0.25, 0.3) is 5.91 Å². The molecule has 4 rings (SSSR count). The lowest BCUT2D eigenvalue weighted by atomic mass is 9.84. The van der Waals surface area contributed by atoms with Crippen LogP contribution < -0.4 is 15.0 Å². The van der Waals surface area contributed by atoms with Gasteiger partial charge in [-0.2, -0.15) is 0 Å². The van der Waals surface area contributed by atoms with Crippen molar-refractivity contribution in [2.24, 2.45) is 0 Å². The van der Waals surface area contributed by atoms with E-state index in [9.17, 15) is 19.5 Å². The molecule has 10 nitrogen and oxygen atoms in total. The van der Waals surface area contributed by atoms with Crippen LogP contribution in [0.5, 0.6) is 5.75 Å². The number of anilines is 1. The first-order valence-electron chi connectivity index (χ1n) is 12.6. The number of fused-ring (bicyclic) bond motifs is 2. The summed E-state index contributed by atoms with van der Waals surface area (Å²) in [5, 5.41) is 20.8. The van der Waals surface area contributed by atoms with Crippen LogP contribution in [0.15, 0.2) is 30.3 Å². The second-order valence-corrected chi connectivity index (χ2v) is 10.4. The fourth-order valence-corrected chi connectivity index (χ4v) is 4.87. The number of ether oxygens (including phenoxy) is 2. The lowest BCUT2D eigenvalue weighted by molar-refractivity contribution is -0.135. The Labute approximate surface area is 222 Å². The number of Topliss-reactive ketones (excluding diaryl/α,β-unsaturated/α-hetero) is 1. The number of nitrogens with zero attached hydrogens (tertiary/aromatic N) is 2. The molecule has 0 radical (unpaired) electrons. The van der Waals surface area contributed by atoms with E-state index in [4.69, 9.17) is 14.9 Å². The standard InChI is InChI=1S/C28H34N4O6/c1-6-37-27-18-8-7-16(26(36)30-5)11-19(18)25(29)32(27)14-22(33)17-12-20(28(2,3)4)24-21(13-17)31(9-10-38-24)15-23(34)35/h7-8,11-13,27,29H,6,9-10,14-15H2,1-5H3,(H,30,36)(H,34,35). The number of nitrogens with one attached hydrogen (secondary N) is 2. The zero-order chi connectivity index (χ0) is 27.8. The van der Waals surface area contributed by atoms with Gasteiger partial charge in [-0.1, -0.05) is 26.8 Å². The van der Waals surface area contributed by atoms with E-state index in [1.54, 1.807) is 47.2 Å². The van der Waals surface area contributed by atoms with Crippen LogP contribution in [0, 0.1) is 5.41 Å². The Morgan fingerprint density at radius 1 is 1.16 bits per heavy atom. The van der Waals surface area contributed by atoms with Gasteiger partial charge in [0.15, 0.2) is 12.0 Å². The van der Waals surface area contributed by atoms with Crippen molar-refractivity contribution in [3.63, 3.8) is 0 Å². The molecule has 2 aliphatic heterocycles. The maximum Gasteiger partial charge on any atom is 0.323 e. The van der Waals surface area contributed by atoms with Crippen molar-refractivity contribution < 1.29 is 29.0 Å². The summed E-state index contributed by atoms with van der Waals surface area (Å²) >= 11 is 0. The van der Waals surface area contributed by atoms with Gasteiger partial charge in [-0.25, -0.2) is 0 Å². The molecule has 0 fully saturated rings. The molecule has 10 heteroatoms. The number of carboxylic acid groups (broad SMARTS) is 1. The maximum atomic E-state index is 13.7. The minimum atomic E-state index is -0.967. The molecule has 1 amide bonds. The highest BCUT2D eigenvalue weighted by Gasteiger charge is 2.37. The number of amides is 1. The second kappa shape index (κ2) is 10.4. The van der Waals surface area contributed by atoms with Crippen LogP contribution in [0.1, 0.15) is 71.3 Å². The van der Waals surface area contributed by atoms with E-state index in [2.05, 4.69) is 5.32 Å². The minimum absolute atomic E-state index is 0.0994. The third-order valence-electron chi connectivity index (χ3n) is 6.75. The molecule has 3 N–H and O–H groups in total. The molecule has 38 heavy (non-hydrogen) atoms. The molecule has 0 aliphatic carbocycles. The zero-order valence-electron chi connectivity index (χ0n) is 22.4. The molecule has 2 aromatic carbocycles. The fourth-order valence-electron chi connectivity index (χ4n) is 4.87. The van der Waals surface area contributed by atoms with Crippen molar-refractivity contribution in [2.75, 3.05) is 44.8 Å². The van der Waals surface area contributed by atoms with Crippen molar-refractivity contribution >= 4 is 29.2 Å². The SMILES string of the molecule is CCOC1c2ccc(C(=O)NC)cc2C(=N)N1CC(=O)c1cc2c(c(C(C)(C)C)c1)OCCN2CC(=O)O. The largest absolute Gasteiger partial charge is 0.489 e. The van der Waals surface area contributed by atoms with Crippen molar-refractivity contribution in [1.82, 2.24) is 10.2 Å². The van der Waals surface area contributed by atoms with E-state index < -0.39 is 12.2 Å². The van der Waals surface area contributed by atoms with Gasteiger partial charge < -0.3 is 29.7 Å². The smallest absolute Gasteiger partial charge is 0.323 e. The highest BCUT2D eigenvalue weighted by molar-refractivity contribution is 6.07. The van der Waals surface area contributed by atoms with Gasteiger partial charge in [0.05, 0.1) is 18.8 Å². The third kappa shape index (κ3) is 5.08. The van der Waals surface area contributed by atoms with Crippen LogP contribution in [0.4, 0.5) is 5.69 Å². The van der Waals surface area contributed by atoms with Crippen LogP contribution >= 0.6 is 0 Å². The van der Waals surface area contributed by atoms with E-state index in [1.807, 2.05) is 27.7 Å². The first kappa shape index (κ1) is 27.1. The number of carbonyl (C=O) groups is 3. The number of amidine groups is 1. The Bertz CT molecular complexity index is 1300. The molecular weight excluding hydrogens is 488 g/mol. The Hall–Kier alpha value is -3.92. The Morgan fingerprint density at radius 2 is 1.89 bits per heavy atom. The van der Waals surface area contributed by atoms with E-state index in [1.165, 1.54) is 0 Å². The van der Waals surface area contributed by atoms with E-state index in [0.717, 1.165) is 11.1 Å². The molecule has 0 saturated carbocycles. The van der Waals surface area contributed by atoms with Crippen LogP contribution in [0.2, 0.25) is 0 Å². The predicted octanol–water partition coefficient (Wildman–Crippen LogP) is 3.19. The number of rotatable bonds is 8. The normalized spacial score (nSPS) is 16.6. The van der Waals surface area contributed by atoms with Gasteiger partial charge in [-0.05, 0) is 36.6 Å². The molecular formula is C28H34N4O6. The van der Waals surface area contributed by atoms with E-state index in [0.29, 0.717) is 47.9 Å². The summed E-state index contributed by atoms with van der Waals surface area (Å²) < 4.78 is 11.9. The number of hydrogen-bond donors (Lipinski definition) is 3. The Kier molecular flexibility index (Phi) is 7.46. The lowest BCUT2D eigenvalue weighted by Gasteiger charge is -2.34. The van der Waals surface area contributed by atoms with Crippen LogP contribution in [0.25, 0.3) is 0 Å². The van der Waals surface area contributed by atoms with Gasteiger partial charge in [0.1, 0.15) is 24.7 Å². The maximum absolute atomic E-state index is 13.7. The summed E-state index contributed by atoms with van der Waals surface area (Å²) in [6, 6.07) is 8.57. The first-order chi connectivity index (χ1) is 18.0. The van der Waals surface area contributed by atoms with Crippen LogP contribution in [-0.4, -0.2) is 73.4 Å². The van der Waals surface area contributed by atoms with Gasteiger partial charge in [0.2, 0.25) is 0 Å². The molecule has 2 heterocycles. The number of carbonyl (C=O) groups excluding carboxylic acids is 2. The van der Waals surface area contributed by atoms with E-state index >= 15 is 0 Å². The van der Waals surface area contributed by atoms with Gasteiger partial charge in [0, 0.05) is 41.5 Å². The first-order valence-corrected chi connectivity index (χ1v) is 12.6. The van der Waals surface area contributed by atoms with Gasteiger partial charge in [-0.3, -0.25) is 19.8 Å². The highest BCUT2D eigenvalue weighted by atomic mass is 16.5. The molecule has 202 valence electrons. The molecule has 2 aromatic rings. The second-order valence-electron chi connectivity index (χ2n) is 10.4. The average molecular weight is 523 g/mol. The van der Waals surface area contributed by atoms with Crippen LogP contribution in [-0.2, 0) is 14.9 Å². The molecule has 1 atom stereocenters. The summed E-state index contributed by atoms with van der Waals surface area (Å²) in [6.45, 7) is 8.67. The Morgan fingerprint density at radius 3 is 2.53 bits per heavy atom. The lowest BCUT2D eigenvalue weighted by Crippen LogP contribution is -2.38. The van der Waals surface area contributed by atoms with Crippen molar-refractivity contribution in [1.29, 1.82) is 5.41 Å². The average Bonchev–Trinajstić information content (AvgIpc) is 3.12. The number of aliphatic carboxylic acids is 1. The number of ketones is 1. The van der Waals surface area contributed by atoms with Gasteiger partial charge in [-0.15, -0.1) is 0 Å². The molecule has 0 bridgehead atoms. The number of benzene rings is 2. The zero-order valence-corrected chi connectivity index (χ0v) is 22.4.